The summed E-state index contributed by atoms with van der Waals surface area (Å²) in [5.41, 5.74) is 3.11. The number of benzene rings is 3. The van der Waals surface area contributed by atoms with E-state index in [0.29, 0.717) is 22.9 Å². The summed E-state index contributed by atoms with van der Waals surface area (Å²) in [5, 5.41) is 5.31. The van der Waals surface area contributed by atoms with Crippen LogP contribution < -0.4 is 4.74 Å². The summed E-state index contributed by atoms with van der Waals surface area (Å²) in [4.78, 5) is 4.89. The average Bonchev–Trinajstić information content (AvgIpc) is 3.49. The molecule has 180 valence electrons. The molecule has 0 saturated carbocycles. The van der Waals surface area contributed by atoms with Crippen LogP contribution in [-0.2, 0) is 10.0 Å². The van der Waals surface area contributed by atoms with Gasteiger partial charge in [-0.25, -0.2) is 22.1 Å². The molecule has 0 spiro atoms. The zero-order chi connectivity index (χ0) is 25.3. The fourth-order valence-corrected chi connectivity index (χ4v) is 5.42. The molecule has 7 nitrogen and oxygen atoms in total. The van der Waals surface area contributed by atoms with Crippen molar-refractivity contribution in [2.75, 3.05) is 7.11 Å². The molecular formula is C28H24N4O3S. The number of nitrogens with zero attached hydrogens (tertiary/aromatic N) is 4. The molecule has 0 atom stereocenters. The Kier molecular flexibility index (Phi) is 6.03. The third-order valence-electron chi connectivity index (χ3n) is 5.87. The number of methoxy groups -OCH3 is 1. The average molecular weight is 497 g/mol. The standard InChI is InChI=1S/C28H24N4O3S/c1-4-31-28(24-10-6-8-12-26(24)35-3)29-27(30-31)18-15-21-19-32(25-11-7-5-9-23(21)25)36(33,34)22-16-13-20(2)14-17-22/h4-19H,1H2,2-3H3/b18-15+. The number of hydrogen-bond acceptors (Lipinski definition) is 5. The smallest absolute Gasteiger partial charge is 0.268 e. The van der Waals surface area contributed by atoms with Gasteiger partial charge in [-0.1, -0.05) is 54.6 Å². The van der Waals surface area contributed by atoms with Crippen molar-refractivity contribution < 1.29 is 13.2 Å². The lowest BCUT2D eigenvalue weighted by molar-refractivity contribution is 0.416. The minimum Gasteiger partial charge on any atom is -0.496 e. The largest absolute Gasteiger partial charge is 0.496 e. The molecule has 0 unspecified atom stereocenters. The minimum absolute atomic E-state index is 0.234. The van der Waals surface area contributed by atoms with Crippen LogP contribution in [0.2, 0.25) is 0 Å². The fourth-order valence-electron chi connectivity index (χ4n) is 4.05. The topological polar surface area (TPSA) is 79.0 Å². The molecule has 0 saturated heterocycles. The molecule has 2 aromatic heterocycles. The maximum atomic E-state index is 13.4. The molecule has 0 fully saturated rings. The van der Waals surface area contributed by atoms with Gasteiger partial charge in [-0.05, 0) is 49.4 Å². The quantitative estimate of drug-likeness (QED) is 0.288. The van der Waals surface area contributed by atoms with Crippen LogP contribution in [0, 0.1) is 6.92 Å². The first kappa shape index (κ1) is 23.3. The van der Waals surface area contributed by atoms with E-state index >= 15 is 0 Å². The van der Waals surface area contributed by atoms with Crippen LogP contribution in [0.5, 0.6) is 5.75 Å². The van der Waals surface area contributed by atoms with Crippen molar-refractivity contribution in [3.63, 3.8) is 0 Å². The molecule has 0 aliphatic carbocycles. The van der Waals surface area contributed by atoms with Gasteiger partial charge in [0.2, 0.25) is 0 Å². The van der Waals surface area contributed by atoms with Crippen molar-refractivity contribution in [3.05, 3.63) is 103 Å². The van der Waals surface area contributed by atoms with E-state index in [9.17, 15) is 8.42 Å². The van der Waals surface area contributed by atoms with E-state index in [1.807, 2.05) is 55.5 Å². The molecular weight excluding hydrogens is 472 g/mol. The first-order chi connectivity index (χ1) is 17.4. The molecule has 0 N–H and O–H groups in total. The number of rotatable bonds is 7. The maximum absolute atomic E-state index is 13.4. The van der Waals surface area contributed by atoms with Crippen LogP contribution in [0.1, 0.15) is 17.0 Å². The number of ether oxygens (including phenoxy) is 1. The summed E-state index contributed by atoms with van der Waals surface area (Å²) in [5.74, 6) is 1.72. The zero-order valence-corrected chi connectivity index (χ0v) is 20.7. The molecule has 0 bridgehead atoms. The van der Waals surface area contributed by atoms with Crippen molar-refractivity contribution in [1.82, 2.24) is 18.7 Å². The Hall–Kier alpha value is -4.43. The van der Waals surface area contributed by atoms with Crippen LogP contribution >= 0.6 is 0 Å². The lowest BCUT2D eigenvalue weighted by Crippen LogP contribution is -2.11. The number of aromatic nitrogens is 4. The lowest BCUT2D eigenvalue weighted by Gasteiger charge is -2.07. The molecule has 5 aromatic rings. The molecule has 0 amide bonds. The molecule has 8 heteroatoms. The fraction of sp³-hybridized carbons (Fsp3) is 0.0714. The molecule has 5 rings (SSSR count). The second kappa shape index (κ2) is 9.31. The van der Waals surface area contributed by atoms with Crippen LogP contribution in [0.25, 0.3) is 40.6 Å². The van der Waals surface area contributed by atoms with Crippen molar-refractivity contribution in [2.24, 2.45) is 0 Å². The van der Waals surface area contributed by atoms with Crippen molar-refractivity contribution >= 4 is 39.3 Å². The number of aryl methyl sites for hydroxylation is 1. The van der Waals surface area contributed by atoms with Crippen molar-refractivity contribution in [1.29, 1.82) is 0 Å². The number of fused-ring (bicyclic) bond motifs is 1. The van der Waals surface area contributed by atoms with Crippen molar-refractivity contribution in [2.45, 2.75) is 11.8 Å². The van der Waals surface area contributed by atoms with E-state index in [2.05, 4.69) is 16.7 Å². The molecule has 0 aliphatic heterocycles. The summed E-state index contributed by atoms with van der Waals surface area (Å²) in [7, 11) is -2.17. The Morgan fingerprint density at radius 1 is 0.944 bits per heavy atom. The van der Waals surface area contributed by atoms with E-state index in [-0.39, 0.29) is 4.90 Å². The van der Waals surface area contributed by atoms with E-state index in [4.69, 9.17) is 4.74 Å². The minimum atomic E-state index is -3.77. The summed E-state index contributed by atoms with van der Waals surface area (Å²) in [6.07, 6.45) is 6.77. The second-order valence-corrected chi connectivity index (χ2v) is 9.98. The highest BCUT2D eigenvalue weighted by Gasteiger charge is 2.20. The Morgan fingerprint density at radius 3 is 2.42 bits per heavy atom. The van der Waals surface area contributed by atoms with Gasteiger partial charge in [0.1, 0.15) is 5.75 Å². The lowest BCUT2D eigenvalue weighted by atomic mass is 10.1. The summed E-state index contributed by atoms with van der Waals surface area (Å²) < 4.78 is 35.3. The predicted octanol–water partition coefficient (Wildman–Crippen LogP) is 5.72. The van der Waals surface area contributed by atoms with E-state index in [1.54, 1.807) is 60.6 Å². The number of para-hydroxylation sites is 2. The highest BCUT2D eigenvalue weighted by atomic mass is 32.2. The van der Waals surface area contributed by atoms with E-state index in [1.165, 1.54) is 3.97 Å². The Labute approximate surface area is 209 Å². The summed E-state index contributed by atoms with van der Waals surface area (Å²) in [6.45, 7) is 5.76. The Morgan fingerprint density at radius 2 is 1.67 bits per heavy atom. The Bertz CT molecular complexity index is 1710. The van der Waals surface area contributed by atoms with E-state index < -0.39 is 10.0 Å². The van der Waals surface area contributed by atoms with Gasteiger partial charge >= 0.3 is 0 Å². The number of hydrogen-bond donors (Lipinski definition) is 0. The highest BCUT2D eigenvalue weighted by Crippen LogP contribution is 2.30. The van der Waals surface area contributed by atoms with E-state index in [0.717, 1.165) is 22.1 Å². The zero-order valence-electron chi connectivity index (χ0n) is 19.9. The van der Waals surface area contributed by atoms with Gasteiger partial charge in [-0.2, -0.15) is 0 Å². The summed E-state index contributed by atoms with van der Waals surface area (Å²) in [6, 6.07) is 21.8. The van der Waals surface area contributed by atoms with Crippen LogP contribution in [0.4, 0.5) is 0 Å². The van der Waals surface area contributed by atoms with Gasteiger partial charge in [0.15, 0.2) is 11.6 Å². The first-order valence-electron chi connectivity index (χ1n) is 11.3. The normalized spacial score (nSPS) is 11.8. The third-order valence-corrected chi connectivity index (χ3v) is 7.55. The van der Waals surface area contributed by atoms with Gasteiger partial charge in [0.25, 0.3) is 10.0 Å². The SMILES string of the molecule is C=Cn1nc(/C=C/c2cn(S(=O)(=O)c3ccc(C)cc3)c3ccccc23)nc1-c1ccccc1OC. The molecule has 3 aromatic carbocycles. The van der Waals surface area contributed by atoms with Crippen LogP contribution in [0.3, 0.4) is 0 Å². The summed E-state index contributed by atoms with van der Waals surface area (Å²) >= 11 is 0. The second-order valence-electron chi connectivity index (χ2n) is 8.17. The van der Waals surface area contributed by atoms with Gasteiger partial charge in [-0.3, -0.25) is 0 Å². The van der Waals surface area contributed by atoms with Gasteiger partial charge in [-0.15, -0.1) is 5.10 Å². The molecule has 36 heavy (non-hydrogen) atoms. The van der Waals surface area contributed by atoms with Gasteiger partial charge in [0, 0.05) is 23.3 Å². The van der Waals surface area contributed by atoms with Gasteiger partial charge in [0.05, 0.1) is 23.1 Å². The monoisotopic (exact) mass is 496 g/mol. The van der Waals surface area contributed by atoms with Crippen LogP contribution in [-0.4, -0.2) is 34.3 Å². The molecule has 0 aliphatic rings. The van der Waals surface area contributed by atoms with Gasteiger partial charge < -0.3 is 4.74 Å². The third kappa shape index (κ3) is 4.12. The first-order valence-corrected chi connectivity index (χ1v) is 12.7. The maximum Gasteiger partial charge on any atom is 0.268 e. The highest BCUT2D eigenvalue weighted by molar-refractivity contribution is 7.90. The molecule has 2 heterocycles. The van der Waals surface area contributed by atoms with Crippen LogP contribution in [0.15, 0.2) is 90.5 Å². The Balaban J connectivity index is 1.57. The predicted molar refractivity (Wildman–Crippen MR) is 143 cm³/mol. The molecule has 0 radical (unpaired) electrons. The van der Waals surface area contributed by atoms with Crippen molar-refractivity contribution in [3.8, 4) is 17.1 Å².